The van der Waals surface area contributed by atoms with E-state index in [0.29, 0.717) is 32.5 Å². The summed E-state index contributed by atoms with van der Waals surface area (Å²) in [5.74, 6) is -1.50. The molecule has 26 heavy (non-hydrogen) atoms. The number of carbonyl (C=O) groups is 3. The minimum Gasteiger partial charge on any atom is -0.481 e. The van der Waals surface area contributed by atoms with Crippen molar-refractivity contribution in [1.29, 1.82) is 0 Å². The van der Waals surface area contributed by atoms with Crippen molar-refractivity contribution in [3.63, 3.8) is 0 Å². The van der Waals surface area contributed by atoms with Gasteiger partial charge in [0.05, 0.1) is 18.3 Å². The molecule has 1 aromatic carbocycles. The first-order valence-corrected chi connectivity index (χ1v) is 9.32. The third-order valence-electron chi connectivity index (χ3n) is 5.68. The number of likely N-dealkylation sites (tertiary alicyclic amines) is 2. The predicted octanol–water partition coefficient (Wildman–Crippen LogP) is 1.79. The molecular weight excluding hydrogens is 332 g/mol. The third-order valence-corrected chi connectivity index (χ3v) is 5.68. The Bertz CT molecular complexity index is 676. The highest BCUT2D eigenvalue weighted by molar-refractivity contribution is 5.83. The molecule has 1 N–H and O–H groups in total. The van der Waals surface area contributed by atoms with E-state index in [2.05, 4.69) is 0 Å². The fourth-order valence-corrected chi connectivity index (χ4v) is 4.10. The molecule has 2 heterocycles. The van der Waals surface area contributed by atoms with Crippen molar-refractivity contribution in [2.45, 2.75) is 38.6 Å². The average Bonchev–Trinajstić information content (AvgIpc) is 3.03. The van der Waals surface area contributed by atoms with Crippen LogP contribution in [-0.2, 0) is 20.8 Å². The predicted molar refractivity (Wildman–Crippen MR) is 96.4 cm³/mol. The molecule has 0 saturated carbocycles. The Labute approximate surface area is 153 Å². The lowest BCUT2D eigenvalue weighted by Gasteiger charge is -2.35. The van der Waals surface area contributed by atoms with Gasteiger partial charge in [0, 0.05) is 25.7 Å². The molecule has 6 nitrogen and oxygen atoms in total. The van der Waals surface area contributed by atoms with Gasteiger partial charge >= 0.3 is 5.97 Å². The molecule has 0 radical (unpaired) electrons. The van der Waals surface area contributed by atoms with E-state index in [0.717, 1.165) is 18.4 Å². The fraction of sp³-hybridized carbons (Fsp3) is 0.550. The number of piperidine rings is 1. The minimum absolute atomic E-state index is 0.00142. The van der Waals surface area contributed by atoms with Gasteiger partial charge in [-0.15, -0.1) is 0 Å². The zero-order valence-corrected chi connectivity index (χ0v) is 15.1. The third kappa shape index (κ3) is 3.89. The molecule has 2 aliphatic rings. The molecule has 3 unspecified atom stereocenters. The molecule has 2 saturated heterocycles. The van der Waals surface area contributed by atoms with Crippen LogP contribution in [0.1, 0.15) is 31.7 Å². The first-order valence-electron chi connectivity index (χ1n) is 9.32. The molecule has 0 aromatic heterocycles. The maximum atomic E-state index is 12.9. The van der Waals surface area contributed by atoms with Crippen LogP contribution in [0.3, 0.4) is 0 Å². The van der Waals surface area contributed by atoms with E-state index in [9.17, 15) is 19.5 Å². The Morgan fingerprint density at radius 3 is 2.50 bits per heavy atom. The molecule has 2 amide bonds. The van der Waals surface area contributed by atoms with Crippen LogP contribution in [0.15, 0.2) is 30.3 Å². The average molecular weight is 358 g/mol. The first kappa shape index (κ1) is 18.4. The summed E-state index contributed by atoms with van der Waals surface area (Å²) in [5, 5.41) is 9.26. The topological polar surface area (TPSA) is 77.9 Å². The molecule has 3 atom stereocenters. The maximum absolute atomic E-state index is 12.9. The molecule has 0 spiro atoms. The Kier molecular flexibility index (Phi) is 5.59. The summed E-state index contributed by atoms with van der Waals surface area (Å²) < 4.78 is 0. The van der Waals surface area contributed by atoms with E-state index < -0.39 is 11.9 Å². The number of carbonyl (C=O) groups excluding carboxylic acids is 2. The van der Waals surface area contributed by atoms with Crippen molar-refractivity contribution in [3.8, 4) is 0 Å². The van der Waals surface area contributed by atoms with Gasteiger partial charge in [0.1, 0.15) is 0 Å². The minimum atomic E-state index is -0.837. The van der Waals surface area contributed by atoms with Crippen LogP contribution < -0.4 is 0 Å². The molecule has 0 bridgehead atoms. The first-order chi connectivity index (χ1) is 12.5. The van der Waals surface area contributed by atoms with Gasteiger partial charge in [-0.1, -0.05) is 30.3 Å². The lowest BCUT2D eigenvalue weighted by molar-refractivity contribution is -0.144. The Morgan fingerprint density at radius 2 is 1.85 bits per heavy atom. The zero-order valence-electron chi connectivity index (χ0n) is 15.1. The summed E-state index contributed by atoms with van der Waals surface area (Å²) in [4.78, 5) is 40.3. The lowest BCUT2D eigenvalue weighted by Crippen LogP contribution is -2.48. The summed E-state index contributed by atoms with van der Waals surface area (Å²) in [6, 6.07) is 9.34. The van der Waals surface area contributed by atoms with Gasteiger partial charge in [-0.3, -0.25) is 14.4 Å². The van der Waals surface area contributed by atoms with Crippen LogP contribution >= 0.6 is 0 Å². The van der Waals surface area contributed by atoms with Crippen LogP contribution in [-0.4, -0.2) is 58.4 Å². The van der Waals surface area contributed by atoms with Crippen LogP contribution in [0.2, 0.25) is 0 Å². The van der Waals surface area contributed by atoms with E-state index >= 15 is 0 Å². The Hall–Kier alpha value is -2.37. The molecular formula is C20H26N2O4. The second-order valence-electron chi connectivity index (χ2n) is 7.35. The van der Waals surface area contributed by atoms with E-state index in [1.807, 2.05) is 37.3 Å². The van der Waals surface area contributed by atoms with Crippen molar-refractivity contribution in [1.82, 2.24) is 9.80 Å². The fourth-order valence-electron chi connectivity index (χ4n) is 4.10. The molecule has 140 valence electrons. The molecule has 3 rings (SSSR count). The van der Waals surface area contributed by atoms with Crippen LogP contribution in [0.25, 0.3) is 0 Å². The number of benzene rings is 1. The van der Waals surface area contributed by atoms with E-state index in [4.69, 9.17) is 0 Å². The molecule has 2 fully saturated rings. The highest BCUT2D eigenvalue weighted by Gasteiger charge is 2.41. The van der Waals surface area contributed by atoms with Gasteiger partial charge in [0.25, 0.3) is 0 Å². The monoisotopic (exact) mass is 358 g/mol. The highest BCUT2D eigenvalue weighted by atomic mass is 16.4. The second-order valence-corrected chi connectivity index (χ2v) is 7.35. The van der Waals surface area contributed by atoms with Crippen LogP contribution in [0, 0.1) is 11.8 Å². The van der Waals surface area contributed by atoms with Crippen molar-refractivity contribution in [2.75, 3.05) is 19.6 Å². The summed E-state index contributed by atoms with van der Waals surface area (Å²) in [6.07, 6.45) is 2.42. The number of hydrogen-bond donors (Lipinski definition) is 1. The van der Waals surface area contributed by atoms with E-state index in [-0.39, 0.29) is 23.8 Å². The van der Waals surface area contributed by atoms with Crippen molar-refractivity contribution >= 4 is 17.8 Å². The Morgan fingerprint density at radius 1 is 1.12 bits per heavy atom. The van der Waals surface area contributed by atoms with Gasteiger partial charge in [-0.25, -0.2) is 0 Å². The second kappa shape index (κ2) is 7.89. The van der Waals surface area contributed by atoms with Gasteiger partial charge in [-0.05, 0) is 31.7 Å². The normalized spacial score (nSPS) is 26.0. The van der Waals surface area contributed by atoms with Gasteiger partial charge in [0.2, 0.25) is 11.8 Å². The standard InChI is InChI=1S/C20H26N2O4/c1-14-17(20(25)26)9-11-22(14)19(24)16-8-5-10-21(13-16)18(23)12-15-6-3-2-4-7-15/h2-4,6-7,14,16-17H,5,8-13H2,1H3,(H,25,26). The molecule has 0 aliphatic carbocycles. The molecule has 2 aliphatic heterocycles. The SMILES string of the molecule is CC1C(C(=O)O)CCN1C(=O)C1CCCN(C(=O)Cc2ccccc2)C1. The smallest absolute Gasteiger partial charge is 0.308 e. The largest absolute Gasteiger partial charge is 0.481 e. The number of amides is 2. The van der Waals surface area contributed by atoms with Crippen molar-refractivity contribution in [2.24, 2.45) is 11.8 Å². The number of carboxylic acids is 1. The lowest BCUT2D eigenvalue weighted by atomic mass is 9.95. The molecule has 6 heteroatoms. The van der Waals surface area contributed by atoms with E-state index in [1.165, 1.54) is 0 Å². The maximum Gasteiger partial charge on any atom is 0.308 e. The van der Waals surface area contributed by atoms with Gasteiger partial charge in [-0.2, -0.15) is 0 Å². The number of hydrogen-bond acceptors (Lipinski definition) is 3. The number of nitrogens with zero attached hydrogens (tertiary/aromatic N) is 2. The van der Waals surface area contributed by atoms with Crippen LogP contribution in [0.5, 0.6) is 0 Å². The number of carboxylic acid groups (broad SMARTS) is 1. The Balaban J connectivity index is 1.60. The number of aliphatic carboxylic acids is 1. The zero-order chi connectivity index (χ0) is 18.7. The van der Waals surface area contributed by atoms with E-state index in [1.54, 1.807) is 9.80 Å². The van der Waals surface area contributed by atoms with Gasteiger partial charge in [0.15, 0.2) is 0 Å². The summed E-state index contributed by atoms with van der Waals surface area (Å²) in [5.41, 5.74) is 0.975. The summed E-state index contributed by atoms with van der Waals surface area (Å²) >= 11 is 0. The van der Waals surface area contributed by atoms with Gasteiger partial charge < -0.3 is 14.9 Å². The highest BCUT2D eigenvalue weighted by Crippen LogP contribution is 2.28. The van der Waals surface area contributed by atoms with Crippen molar-refractivity contribution in [3.05, 3.63) is 35.9 Å². The molecule has 1 aromatic rings. The van der Waals surface area contributed by atoms with Crippen molar-refractivity contribution < 1.29 is 19.5 Å². The van der Waals surface area contributed by atoms with Crippen LogP contribution in [0.4, 0.5) is 0 Å². The quantitative estimate of drug-likeness (QED) is 0.890. The summed E-state index contributed by atoms with van der Waals surface area (Å²) in [7, 11) is 0. The number of rotatable bonds is 4. The summed E-state index contributed by atoms with van der Waals surface area (Å²) in [6.45, 7) is 3.42.